The van der Waals surface area contributed by atoms with Gasteiger partial charge in [-0.25, -0.2) is 4.39 Å². The highest BCUT2D eigenvalue weighted by atomic mass is 19.1. The summed E-state index contributed by atoms with van der Waals surface area (Å²) < 4.78 is 12.6. The Morgan fingerprint density at radius 3 is 2.86 bits per heavy atom. The van der Waals surface area contributed by atoms with Crippen molar-refractivity contribution in [1.82, 2.24) is 0 Å². The van der Waals surface area contributed by atoms with Crippen molar-refractivity contribution in [1.29, 1.82) is 0 Å². The Morgan fingerprint density at radius 2 is 2.29 bits per heavy atom. The highest BCUT2D eigenvalue weighted by molar-refractivity contribution is 5.71. The number of carbonyl (C=O) groups is 1. The van der Waals surface area contributed by atoms with E-state index in [1.165, 1.54) is 18.2 Å². The molecule has 0 saturated carbocycles. The van der Waals surface area contributed by atoms with E-state index in [1.54, 1.807) is 0 Å². The van der Waals surface area contributed by atoms with E-state index in [1.807, 2.05) is 0 Å². The minimum atomic E-state index is -0.443. The molecule has 0 atom stereocenters. The summed E-state index contributed by atoms with van der Waals surface area (Å²) in [4.78, 5) is 10.2. The Hall–Kier alpha value is -2.04. The number of rotatable bonds is 3. The van der Waals surface area contributed by atoms with Crippen molar-refractivity contribution in [3.63, 3.8) is 0 Å². The highest BCUT2D eigenvalue weighted by Crippen LogP contribution is 2.14. The fourth-order valence-electron chi connectivity index (χ4n) is 0.734. The Balaban J connectivity index is 2.83. The van der Waals surface area contributed by atoms with Gasteiger partial charge < -0.3 is 5.11 Å². The van der Waals surface area contributed by atoms with Gasteiger partial charge in [-0.05, 0) is 12.1 Å². The highest BCUT2D eigenvalue weighted by Gasteiger charge is 1.93. The molecule has 0 radical (unpaired) electrons. The average Bonchev–Trinajstić information content (AvgIpc) is 2.19. The van der Waals surface area contributed by atoms with Gasteiger partial charge in [-0.3, -0.25) is 4.79 Å². The molecule has 0 bridgehead atoms. The molecule has 1 N–H and O–H groups in total. The van der Waals surface area contributed by atoms with E-state index in [-0.39, 0.29) is 11.4 Å². The van der Waals surface area contributed by atoms with Gasteiger partial charge in [-0.2, -0.15) is 5.11 Å². The number of benzene rings is 1. The summed E-state index contributed by atoms with van der Waals surface area (Å²) in [5, 5.41) is 15.3. The van der Waals surface area contributed by atoms with Crippen LogP contribution in [-0.2, 0) is 4.79 Å². The molecule has 0 aromatic heterocycles. The molecule has 0 saturated heterocycles. The Bertz CT molecular complexity index is 388. The van der Waals surface area contributed by atoms with Crippen LogP contribution in [0.3, 0.4) is 0 Å². The van der Waals surface area contributed by atoms with Crippen molar-refractivity contribution >= 4 is 12.0 Å². The number of allylic oxidation sites excluding steroid dienone is 1. The van der Waals surface area contributed by atoms with Crippen LogP contribution in [0.2, 0.25) is 0 Å². The summed E-state index contributed by atoms with van der Waals surface area (Å²) in [5.74, 6) is -0.443. The first-order chi connectivity index (χ1) is 6.76. The molecule has 1 aromatic carbocycles. The molecule has 1 aromatic rings. The lowest BCUT2D eigenvalue weighted by molar-refractivity contribution is -0.105. The number of halogens is 1. The number of hydrogen-bond donors (Lipinski definition) is 1. The molecule has 0 unspecified atom stereocenters. The van der Waals surface area contributed by atoms with E-state index >= 15 is 0 Å². The monoisotopic (exact) mass is 194 g/mol. The van der Waals surface area contributed by atoms with Gasteiger partial charge in [0.1, 0.15) is 12.1 Å². The maximum atomic E-state index is 12.6. The SMILES string of the molecule is O=CC(=CO)N=Nc1cccc(F)c1. The summed E-state index contributed by atoms with van der Waals surface area (Å²) in [6.07, 6.45) is 0.860. The van der Waals surface area contributed by atoms with Gasteiger partial charge in [-0.1, -0.05) is 6.07 Å². The van der Waals surface area contributed by atoms with Crippen molar-refractivity contribution in [3.05, 3.63) is 42.0 Å². The lowest BCUT2D eigenvalue weighted by Gasteiger charge is -1.91. The lowest BCUT2D eigenvalue weighted by atomic mass is 10.3. The molecular formula is C9H7FN2O2. The largest absolute Gasteiger partial charge is 0.513 e. The molecule has 0 spiro atoms. The summed E-state index contributed by atoms with van der Waals surface area (Å²) in [5.41, 5.74) is 0.0421. The third-order valence-corrected chi connectivity index (χ3v) is 1.34. The van der Waals surface area contributed by atoms with Crippen LogP contribution >= 0.6 is 0 Å². The zero-order valence-electron chi connectivity index (χ0n) is 7.09. The molecule has 4 nitrogen and oxygen atoms in total. The van der Waals surface area contributed by atoms with E-state index in [9.17, 15) is 9.18 Å². The minimum absolute atomic E-state index is 0.228. The summed E-state index contributed by atoms with van der Waals surface area (Å²) in [6.45, 7) is 0. The molecule has 0 fully saturated rings. The van der Waals surface area contributed by atoms with Gasteiger partial charge in [0.05, 0.1) is 5.69 Å². The fourth-order valence-corrected chi connectivity index (χ4v) is 0.734. The molecule has 0 heterocycles. The van der Waals surface area contributed by atoms with Crippen molar-refractivity contribution in [2.75, 3.05) is 0 Å². The van der Waals surface area contributed by atoms with Gasteiger partial charge in [0.2, 0.25) is 0 Å². The summed E-state index contributed by atoms with van der Waals surface area (Å²) in [6, 6.07) is 5.41. The molecular weight excluding hydrogens is 187 g/mol. The topological polar surface area (TPSA) is 62.0 Å². The number of azo groups is 1. The van der Waals surface area contributed by atoms with E-state index in [2.05, 4.69) is 10.2 Å². The van der Waals surface area contributed by atoms with Crippen LogP contribution in [0.1, 0.15) is 0 Å². The molecule has 0 aliphatic carbocycles. The van der Waals surface area contributed by atoms with Crippen LogP contribution in [0.25, 0.3) is 0 Å². The van der Waals surface area contributed by atoms with Gasteiger partial charge in [0, 0.05) is 6.07 Å². The zero-order chi connectivity index (χ0) is 10.4. The second kappa shape index (κ2) is 4.86. The minimum Gasteiger partial charge on any atom is -0.513 e. The summed E-state index contributed by atoms with van der Waals surface area (Å²) in [7, 11) is 0. The third kappa shape index (κ3) is 2.78. The molecule has 0 amide bonds. The van der Waals surface area contributed by atoms with Crippen molar-refractivity contribution < 1.29 is 14.3 Å². The first-order valence-electron chi connectivity index (χ1n) is 3.73. The zero-order valence-corrected chi connectivity index (χ0v) is 7.09. The molecule has 72 valence electrons. The van der Waals surface area contributed by atoms with Crippen LogP contribution < -0.4 is 0 Å². The van der Waals surface area contributed by atoms with Crippen LogP contribution in [0.5, 0.6) is 0 Å². The number of hydrogen-bond acceptors (Lipinski definition) is 4. The molecule has 14 heavy (non-hydrogen) atoms. The average molecular weight is 194 g/mol. The smallest absolute Gasteiger partial charge is 0.173 e. The van der Waals surface area contributed by atoms with Crippen LogP contribution in [0.15, 0.2) is 46.5 Å². The second-order valence-corrected chi connectivity index (χ2v) is 2.35. The summed E-state index contributed by atoms with van der Waals surface area (Å²) >= 11 is 0. The second-order valence-electron chi connectivity index (χ2n) is 2.35. The van der Waals surface area contributed by atoms with Crippen LogP contribution in [0, 0.1) is 5.82 Å². The van der Waals surface area contributed by atoms with E-state index < -0.39 is 5.82 Å². The van der Waals surface area contributed by atoms with Crippen molar-refractivity contribution in [2.45, 2.75) is 0 Å². The number of aldehydes is 1. The predicted octanol–water partition coefficient (Wildman–Crippen LogP) is 2.51. The quantitative estimate of drug-likeness (QED) is 0.347. The van der Waals surface area contributed by atoms with Gasteiger partial charge in [0.15, 0.2) is 12.0 Å². The Kier molecular flexibility index (Phi) is 3.49. The molecule has 0 aliphatic heterocycles. The van der Waals surface area contributed by atoms with Crippen LogP contribution in [0.4, 0.5) is 10.1 Å². The van der Waals surface area contributed by atoms with Crippen molar-refractivity contribution in [3.8, 4) is 0 Å². The molecule has 0 aliphatic rings. The Morgan fingerprint density at radius 1 is 1.50 bits per heavy atom. The maximum Gasteiger partial charge on any atom is 0.173 e. The predicted molar refractivity (Wildman–Crippen MR) is 47.7 cm³/mol. The number of aliphatic hydroxyl groups is 1. The van der Waals surface area contributed by atoms with E-state index in [0.717, 1.165) is 6.07 Å². The normalized spacial score (nSPS) is 11.9. The van der Waals surface area contributed by atoms with E-state index in [4.69, 9.17) is 5.11 Å². The number of carbonyl (C=O) groups excluding carboxylic acids is 1. The first kappa shape index (κ1) is 10.0. The molecule has 5 heteroatoms. The number of nitrogens with zero attached hydrogens (tertiary/aromatic N) is 2. The van der Waals surface area contributed by atoms with Gasteiger partial charge in [0.25, 0.3) is 0 Å². The van der Waals surface area contributed by atoms with Gasteiger partial charge in [-0.15, -0.1) is 5.11 Å². The number of aliphatic hydroxyl groups excluding tert-OH is 1. The fraction of sp³-hybridized carbons (Fsp3) is 0. The third-order valence-electron chi connectivity index (χ3n) is 1.34. The standard InChI is InChI=1S/C9H7FN2O2/c10-7-2-1-3-8(4-7)11-12-9(5-13)6-14/h1-6,13H. The van der Waals surface area contributed by atoms with Crippen LogP contribution in [-0.4, -0.2) is 11.4 Å². The Labute approximate surface area is 79.4 Å². The first-order valence-corrected chi connectivity index (χ1v) is 3.73. The maximum absolute atomic E-state index is 12.6. The van der Waals surface area contributed by atoms with E-state index in [0.29, 0.717) is 12.5 Å². The lowest BCUT2D eigenvalue weighted by Crippen LogP contribution is -1.77. The van der Waals surface area contributed by atoms with Crippen molar-refractivity contribution in [2.24, 2.45) is 10.2 Å². The van der Waals surface area contributed by atoms with Gasteiger partial charge >= 0.3 is 0 Å². The molecule has 1 rings (SSSR count).